The van der Waals surface area contributed by atoms with Gasteiger partial charge in [0, 0.05) is 30.9 Å². The van der Waals surface area contributed by atoms with Crippen LogP contribution < -0.4 is 4.90 Å². The van der Waals surface area contributed by atoms with Crippen LogP contribution in [0.4, 0.5) is 5.69 Å². The topological polar surface area (TPSA) is 15.7 Å². The Morgan fingerprint density at radius 1 is 1.00 bits per heavy atom. The molecule has 3 rings (SSSR count). The molecule has 2 heterocycles. The number of aryl methyl sites for hydroxylation is 1. The second-order valence-electron chi connectivity index (χ2n) is 6.07. The molecule has 0 aromatic heterocycles. The third kappa shape index (κ3) is 2.49. The Morgan fingerprint density at radius 2 is 1.68 bits per heavy atom. The van der Waals surface area contributed by atoms with Crippen LogP contribution in [0.2, 0.25) is 0 Å². The van der Waals surface area contributed by atoms with Gasteiger partial charge in [0.2, 0.25) is 0 Å². The Labute approximate surface area is 116 Å². The molecular weight excluding hydrogens is 236 g/mol. The van der Waals surface area contributed by atoms with E-state index in [1.54, 1.807) is 0 Å². The van der Waals surface area contributed by atoms with E-state index in [1.165, 1.54) is 11.3 Å². The van der Waals surface area contributed by atoms with E-state index in [4.69, 9.17) is 4.74 Å². The van der Waals surface area contributed by atoms with Crippen molar-refractivity contribution in [3.8, 4) is 0 Å². The van der Waals surface area contributed by atoms with Crippen molar-refractivity contribution in [2.75, 3.05) is 31.2 Å². The maximum atomic E-state index is 5.34. The summed E-state index contributed by atoms with van der Waals surface area (Å²) in [4.78, 5) is 5.17. The third-order valence-electron chi connectivity index (χ3n) is 4.49. The third-order valence-corrected chi connectivity index (χ3v) is 4.49. The fraction of sp³-hybridized carbons (Fsp3) is 0.625. The summed E-state index contributed by atoms with van der Waals surface area (Å²) in [6, 6.07) is 10.7. The molecule has 2 saturated heterocycles. The van der Waals surface area contributed by atoms with Crippen molar-refractivity contribution in [3.05, 3.63) is 29.8 Å². The molecule has 3 heteroatoms. The summed E-state index contributed by atoms with van der Waals surface area (Å²) in [5.74, 6) is 0. The Kier molecular flexibility index (Phi) is 3.50. The first-order valence-electron chi connectivity index (χ1n) is 7.32. The van der Waals surface area contributed by atoms with Crippen LogP contribution in [-0.2, 0) is 4.74 Å². The first-order valence-corrected chi connectivity index (χ1v) is 7.32. The lowest BCUT2D eigenvalue weighted by Gasteiger charge is -2.50. The molecule has 2 aliphatic rings. The van der Waals surface area contributed by atoms with Crippen LogP contribution in [-0.4, -0.2) is 49.3 Å². The lowest BCUT2D eigenvalue weighted by molar-refractivity contribution is -0.0828. The number of anilines is 1. The molecule has 1 aromatic carbocycles. The molecule has 2 aliphatic heterocycles. The van der Waals surface area contributed by atoms with Crippen LogP contribution in [0.3, 0.4) is 0 Å². The molecule has 0 amide bonds. The monoisotopic (exact) mass is 260 g/mol. The summed E-state index contributed by atoms with van der Waals surface area (Å²) in [5.41, 5.74) is 2.68. The maximum absolute atomic E-state index is 5.34. The van der Waals surface area contributed by atoms with Crippen molar-refractivity contribution >= 4 is 5.69 Å². The molecule has 3 nitrogen and oxygen atoms in total. The molecule has 0 aliphatic carbocycles. The molecule has 0 spiro atoms. The number of nitrogens with zero attached hydrogens (tertiary/aromatic N) is 2. The van der Waals surface area contributed by atoms with E-state index in [-0.39, 0.29) is 0 Å². The van der Waals surface area contributed by atoms with Crippen LogP contribution in [0.25, 0.3) is 0 Å². The SMILES string of the molecule is Cc1ccc(N2C[C@@H](C)N(C3COC3)CC2C)cc1. The van der Waals surface area contributed by atoms with Gasteiger partial charge in [0.25, 0.3) is 0 Å². The van der Waals surface area contributed by atoms with Gasteiger partial charge in [0.05, 0.1) is 19.3 Å². The Morgan fingerprint density at radius 3 is 2.26 bits per heavy atom. The molecule has 0 saturated carbocycles. The van der Waals surface area contributed by atoms with Crippen LogP contribution in [0.1, 0.15) is 19.4 Å². The number of ether oxygens (including phenoxy) is 1. The second kappa shape index (κ2) is 5.14. The first kappa shape index (κ1) is 12.9. The molecule has 1 unspecified atom stereocenters. The number of piperazine rings is 1. The van der Waals surface area contributed by atoms with E-state index in [1.807, 2.05) is 0 Å². The summed E-state index contributed by atoms with van der Waals surface area (Å²) < 4.78 is 5.34. The van der Waals surface area contributed by atoms with E-state index in [9.17, 15) is 0 Å². The van der Waals surface area contributed by atoms with Gasteiger partial charge in [-0.25, -0.2) is 0 Å². The van der Waals surface area contributed by atoms with Gasteiger partial charge >= 0.3 is 0 Å². The molecule has 19 heavy (non-hydrogen) atoms. The predicted molar refractivity (Wildman–Crippen MR) is 78.8 cm³/mol. The zero-order valence-corrected chi connectivity index (χ0v) is 12.2. The fourth-order valence-electron chi connectivity index (χ4n) is 3.17. The van der Waals surface area contributed by atoms with Gasteiger partial charge in [-0.1, -0.05) is 17.7 Å². The normalized spacial score (nSPS) is 29.3. The number of hydrogen-bond acceptors (Lipinski definition) is 3. The van der Waals surface area contributed by atoms with E-state index in [2.05, 4.69) is 54.8 Å². The van der Waals surface area contributed by atoms with E-state index >= 15 is 0 Å². The van der Waals surface area contributed by atoms with Crippen LogP contribution in [0.15, 0.2) is 24.3 Å². The van der Waals surface area contributed by atoms with Crippen LogP contribution in [0, 0.1) is 6.92 Å². The fourth-order valence-corrected chi connectivity index (χ4v) is 3.17. The van der Waals surface area contributed by atoms with Gasteiger partial charge in [0.15, 0.2) is 0 Å². The number of rotatable bonds is 2. The minimum absolute atomic E-state index is 0.569. The van der Waals surface area contributed by atoms with Crippen molar-refractivity contribution in [2.45, 2.75) is 38.9 Å². The van der Waals surface area contributed by atoms with Crippen LogP contribution in [0.5, 0.6) is 0 Å². The largest absolute Gasteiger partial charge is 0.378 e. The van der Waals surface area contributed by atoms with E-state index in [0.717, 1.165) is 26.3 Å². The molecule has 2 atom stereocenters. The Bertz CT molecular complexity index is 427. The Hall–Kier alpha value is -1.06. The highest BCUT2D eigenvalue weighted by Gasteiger charge is 2.36. The lowest BCUT2D eigenvalue weighted by atomic mass is 10.0. The second-order valence-corrected chi connectivity index (χ2v) is 6.07. The Balaban J connectivity index is 1.72. The minimum Gasteiger partial charge on any atom is -0.378 e. The highest BCUT2D eigenvalue weighted by atomic mass is 16.5. The van der Waals surface area contributed by atoms with Gasteiger partial charge in [0.1, 0.15) is 0 Å². The first-order chi connectivity index (χ1) is 9.15. The van der Waals surface area contributed by atoms with Crippen LogP contribution >= 0.6 is 0 Å². The van der Waals surface area contributed by atoms with Crippen molar-refractivity contribution in [2.24, 2.45) is 0 Å². The summed E-state index contributed by atoms with van der Waals surface area (Å²) >= 11 is 0. The molecule has 0 radical (unpaired) electrons. The average Bonchev–Trinajstić information content (AvgIpc) is 2.32. The number of benzene rings is 1. The zero-order chi connectivity index (χ0) is 13.4. The smallest absolute Gasteiger partial charge is 0.0645 e. The highest BCUT2D eigenvalue weighted by molar-refractivity contribution is 5.49. The molecule has 0 bridgehead atoms. The summed E-state index contributed by atoms with van der Waals surface area (Å²) in [7, 11) is 0. The van der Waals surface area contributed by atoms with Gasteiger partial charge in [-0.05, 0) is 32.9 Å². The maximum Gasteiger partial charge on any atom is 0.0645 e. The van der Waals surface area contributed by atoms with Gasteiger partial charge in [-0.15, -0.1) is 0 Å². The van der Waals surface area contributed by atoms with Gasteiger partial charge in [-0.2, -0.15) is 0 Å². The van der Waals surface area contributed by atoms with E-state index in [0.29, 0.717) is 18.1 Å². The molecule has 2 fully saturated rings. The standard InChI is InChI=1S/C16H24N2O/c1-12-4-6-15(7-5-12)17-8-14(3)18(9-13(17)2)16-10-19-11-16/h4-7,13-14,16H,8-11H2,1-3H3/t13?,14-/m1/s1. The zero-order valence-electron chi connectivity index (χ0n) is 12.2. The quantitative estimate of drug-likeness (QED) is 0.811. The molecular formula is C16H24N2O. The minimum atomic E-state index is 0.569. The lowest BCUT2D eigenvalue weighted by Crippen LogP contribution is -2.63. The summed E-state index contributed by atoms with van der Waals surface area (Å²) in [6.45, 7) is 10.9. The number of hydrogen-bond donors (Lipinski definition) is 0. The van der Waals surface area contributed by atoms with Crippen molar-refractivity contribution in [1.82, 2.24) is 4.90 Å². The average molecular weight is 260 g/mol. The van der Waals surface area contributed by atoms with Gasteiger partial charge < -0.3 is 9.64 Å². The summed E-state index contributed by atoms with van der Waals surface area (Å²) in [6.07, 6.45) is 0. The molecule has 104 valence electrons. The van der Waals surface area contributed by atoms with Crippen molar-refractivity contribution < 1.29 is 4.74 Å². The van der Waals surface area contributed by atoms with Crippen molar-refractivity contribution in [3.63, 3.8) is 0 Å². The van der Waals surface area contributed by atoms with E-state index < -0.39 is 0 Å². The molecule has 1 aromatic rings. The molecule has 0 N–H and O–H groups in total. The van der Waals surface area contributed by atoms with Crippen molar-refractivity contribution in [1.29, 1.82) is 0 Å². The van der Waals surface area contributed by atoms with Gasteiger partial charge in [-0.3, -0.25) is 4.90 Å². The summed E-state index contributed by atoms with van der Waals surface area (Å²) in [5, 5.41) is 0. The predicted octanol–water partition coefficient (Wildman–Crippen LogP) is 2.29. The highest BCUT2D eigenvalue weighted by Crippen LogP contribution is 2.26.